The van der Waals surface area contributed by atoms with Crippen molar-refractivity contribution in [2.45, 2.75) is 24.6 Å². The molecule has 1 saturated carbocycles. The molecule has 1 aromatic rings. The molecule has 0 amide bonds. The fourth-order valence-corrected chi connectivity index (χ4v) is 1.54. The third-order valence-corrected chi connectivity index (χ3v) is 2.63. The van der Waals surface area contributed by atoms with E-state index in [4.69, 9.17) is 5.73 Å². The van der Waals surface area contributed by atoms with Gasteiger partial charge in [0.25, 0.3) is 0 Å². The zero-order valence-corrected chi connectivity index (χ0v) is 8.96. The Morgan fingerprint density at radius 3 is 2.19 bits per heavy atom. The molecule has 6 heteroatoms. The van der Waals surface area contributed by atoms with Crippen LogP contribution >= 0.6 is 12.4 Å². The summed E-state index contributed by atoms with van der Waals surface area (Å²) in [6.07, 6.45) is -3.60. The third kappa shape index (κ3) is 2.15. The van der Waals surface area contributed by atoms with Gasteiger partial charge in [-0.25, -0.2) is 4.39 Å². The second kappa shape index (κ2) is 3.89. The minimum Gasteiger partial charge on any atom is -0.321 e. The van der Waals surface area contributed by atoms with E-state index < -0.39 is 23.1 Å². The van der Waals surface area contributed by atoms with E-state index in [1.54, 1.807) is 0 Å². The van der Waals surface area contributed by atoms with Gasteiger partial charge in [0.1, 0.15) is 5.82 Å². The summed E-state index contributed by atoms with van der Waals surface area (Å²) in [6.45, 7) is 0. The molecule has 0 unspecified atom stereocenters. The molecule has 1 nitrogen and oxygen atoms in total. The first kappa shape index (κ1) is 13.3. The quantitative estimate of drug-likeness (QED) is 0.766. The fourth-order valence-electron chi connectivity index (χ4n) is 1.54. The molecule has 0 heterocycles. The van der Waals surface area contributed by atoms with Crippen LogP contribution in [-0.4, -0.2) is 0 Å². The van der Waals surface area contributed by atoms with E-state index in [9.17, 15) is 17.6 Å². The highest BCUT2D eigenvalue weighted by atomic mass is 35.5. The number of benzene rings is 1. The van der Waals surface area contributed by atoms with Crippen molar-refractivity contribution in [2.24, 2.45) is 5.73 Å². The summed E-state index contributed by atoms with van der Waals surface area (Å²) in [7, 11) is 0. The molecule has 16 heavy (non-hydrogen) atoms. The SMILES string of the molecule is Cl.NC1(c2cccc(C(F)(F)F)c2F)CC1. The van der Waals surface area contributed by atoms with E-state index in [2.05, 4.69) is 0 Å². The summed E-state index contributed by atoms with van der Waals surface area (Å²) in [5.74, 6) is -1.23. The minimum atomic E-state index is -4.66. The van der Waals surface area contributed by atoms with Crippen LogP contribution in [0.5, 0.6) is 0 Å². The van der Waals surface area contributed by atoms with Crippen molar-refractivity contribution in [3.05, 3.63) is 35.1 Å². The van der Waals surface area contributed by atoms with Crippen molar-refractivity contribution in [1.82, 2.24) is 0 Å². The molecule has 1 fully saturated rings. The number of rotatable bonds is 1. The number of alkyl halides is 3. The highest BCUT2D eigenvalue weighted by molar-refractivity contribution is 5.85. The number of hydrogen-bond acceptors (Lipinski definition) is 1. The van der Waals surface area contributed by atoms with Crippen LogP contribution in [0.25, 0.3) is 0 Å². The molecule has 2 N–H and O–H groups in total. The molecule has 0 radical (unpaired) electrons. The standard InChI is InChI=1S/C10H9F4N.ClH/c11-8-6(9(15)4-5-9)2-1-3-7(8)10(12,13)14;/h1-3H,4-5,15H2;1H. The summed E-state index contributed by atoms with van der Waals surface area (Å²) < 4.78 is 50.6. The van der Waals surface area contributed by atoms with Crippen LogP contribution < -0.4 is 5.73 Å². The van der Waals surface area contributed by atoms with E-state index in [-0.39, 0.29) is 18.0 Å². The first-order valence-corrected chi connectivity index (χ1v) is 4.50. The number of hydrogen-bond donors (Lipinski definition) is 1. The monoisotopic (exact) mass is 255 g/mol. The summed E-state index contributed by atoms with van der Waals surface area (Å²) in [4.78, 5) is 0. The van der Waals surface area contributed by atoms with Crippen molar-refractivity contribution in [1.29, 1.82) is 0 Å². The molecule has 0 spiro atoms. The predicted molar refractivity (Wildman–Crippen MR) is 53.7 cm³/mol. The van der Waals surface area contributed by atoms with E-state index in [1.807, 2.05) is 0 Å². The molecule has 1 aromatic carbocycles. The van der Waals surface area contributed by atoms with Gasteiger partial charge in [0.05, 0.1) is 5.56 Å². The van der Waals surface area contributed by atoms with E-state index >= 15 is 0 Å². The first-order valence-electron chi connectivity index (χ1n) is 4.50. The molecule has 0 saturated heterocycles. The maximum Gasteiger partial charge on any atom is 0.419 e. The first-order chi connectivity index (χ1) is 6.84. The lowest BCUT2D eigenvalue weighted by atomic mass is 10.0. The molecule has 0 bridgehead atoms. The van der Waals surface area contributed by atoms with Gasteiger partial charge in [-0.3, -0.25) is 0 Å². The molecular formula is C10H10ClF4N. The van der Waals surface area contributed by atoms with Crippen LogP contribution in [0.4, 0.5) is 17.6 Å². The van der Waals surface area contributed by atoms with Crippen LogP contribution in [-0.2, 0) is 11.7 Å². The second-order valence-corrected chi connectivity index (χ2v) is 3.82. The van der Waals surface area contributed by atoms with Crippen molar-refractivity contribution >= 4 is 12.4 Å². The molecule has 1 aliphatic carbocycles. The van der Waals surface area contributed by atoms with Crippen LogP contribution in [0.3, 0.4) is 0 Å². The summed E-state index contributed by atoms with van der Waals surface area (Å²) in [5.41, 5.74) is 3.52. The topological polar surface area (TPSA) is 26.0 Å². The van der Waals surface area contributed by atoms with Gasteiger partial charge in [0.2, 0.25) is 0 Å². The maximum atomic E-state index is 13.5. The Kier molecular flexibility index (Phi) is 3.22. The maximum absolute atomic E-state index is 13.5. The Morgan fingerprint density at radius 2 is 1.75 bits per heavy atom. The third-order valence-electron chi connectivity index (χ3n) is 2.63. The number of halogens is 5. The Balaban J connectivity index is 0.00000128. The van der Waals surface area contributed by atoms with Gasteiger partial charge < -0.3 is 5.73 Å². The number of nitrogens with two attached hydrogens (primary N) is 1. The van der Waals surface area contributed by atoms with E-state index in [0.29, 0.717) is 12.8 Å². The van der Waals surface area contributed by atoms with Gasteiger partial charge in [-0.05, 0) is 18.9 Å². The van der Waals surface area contributed by atoms with Crippen molar-refractivity contribution in [3.63, 3.8) is 0 Å². The van der Waals surface area contributed by atoms with Gasteiger partial charge in [-0.15, -0.1) is 12.4 Å². The Labute approximate surface area is 96.0 Å². The zero-order chi connectivity index (χ0) is 11.3. The van der Waals surface area contributed by atoms with Crippen LogP contribution in [0, 0.1) is 5.82 Å². The lowest BCUT2D eigenvalue weighted by Gasteiger charge is -2.14. The summed E-state index contributed by atoms with van der Waals surface area (Å²) in [5, 5.41) is 0. The predicted octanol–water partition coefficient (Wildman–Crippen LogP) is 3.21. The molecule has 0 aromatic heterocycles. The average molecular weight is 256 g/mol. The van der Waals surface area contributed by atoms with Gasteiger partial charge in [-0.1, -0.05) is 12.1 Å². The van der Waals surface area contributed by atoms with Crippen LogP contribution in [0.15, 0.2) is 18.2 Å². The van der Waals surface area contributed by atoms with Crippen LogP contribution in [0.1, 0.15) is 24.0 Å². The summed E-state index contributed by atoms with van der Waals surface area (Å²) >= 11 is 0. The lowest BCUT2D eigenvalue weighted by molar-refractivity contribution is -0.140. The second-order valence-electron chi connectivity index (χ2n) is 3.82. The highest BCUT2D eigenvalue weighted by Crippen LogP contribution is 2.45. The smallest absolute Gasteiger partial charge is 0.321 e. The van der Waals surface area contributed by atoms with Gasteiger partial charge in [-0.2, -0.15) is 13.2 Å². The van der Waals surface area contributed by atoms with Crippen molar-refractivity contribution in [2.75, 3.05) is 0 Å². The zero-order valence-electron chi connectivity index (χ0n) is 8.14. The highest BCUT2D eigenvalue weighted by Gasteiger charge is 2.44. The minimum absolute atomic E-state index is 0. The molecule has 90 valence electrons. The Morgan fingerprint density at radius 1 is 1.19 bits per heavy atom. The normalized spacial score (nSPS) is 17.8. The molecular weight excluding hydrogens is 246 g/mol. The van der Waals surface area contributed by atoms with Gasteiger partial charge in [0, 0.05) is 11.1 Å². The largest absolute Gasteiger partial charge is 0.419 e. The van der Waals surface area contributed by atoms with E-state index in [0.717, 1.165) is 6.07 Å². The average Bonchev–Trinajstić information content (AvgIpc) is 2.83. The van der Waals surface area contributed by atoms with Gasteiger partial charge in [0.15, 0.2) is 0 Å². The Bertz CT molecular complexity index is 375. The molecule has 1 aliphatic rings. The summed E-state index contributed by atoms with van der Waals surface area (Å²) in [6, 6.07) is 3.23. The van der Waals surface area contributed by atoms with Gasteiger partial charge >= 0.3 is 6.18 Å². The fraction of sp³-hybridized carbons (Fsp3) is 0.400. The Hall–Kier alpha value is -0.810. The van der Waals surface area contributed by atoms with Crippen LogP contribution in [0.2, 0.25) is 0 Å². The van der Waals surface area contributed by atoms with Crippen molar-refractivity contribution < 1.29 is 17.6 Å². The molecule has 0 aliphatic heterocycles. The molecule has 0 atom stereocenters. The lowest BCUT2D eigenvalue weighted by Crippen LogP contribution is -2.22. The van der Waals surface area contributed by atoms with E-state index in [1.165, 1.54) is 12.1 Å². The van der Waals surface area contributed by atoms with Crippen molar-refractivity contribution in [3.8, 4) is 0 Å². The molecule has 2 rings (SSSR count).